The van der Waals surface area contributed by atoms with E-state index in [1.807, 2.05) is 0 Å². The van der Waals surface area contributed by atoms with Gasteiger partial charge in [-0.3, -0.25) is 38.4 Å². The van der Waals surface area contributed by atoms with Crippen molar-refractivity contribution in [1.82, 2.24) is 5.32 Å². The molecule has 19 nitrogen and oxygen atoms in total. The molecule has 0 bridgehead atoms. The van der Waals surface area contributed by atoms with Gasteiger partial charge in [-0.2, -0.15) is 0 Å². The van der Waals surface area contributed by atoms with E-state index in [0.29, 0.717) is 5.56 Å². The molecule has 1 saturated heterocycles. The average Bonchev–Trinajstić information content (AvgIpc) is 3.00. The third-order valence-corrected chi connectivity index (χ3v) is 7.36. The standard InChI is InChI=1S/C33H44N2O17/c1-16-26(47-19(4)38)30(51-23(8)42)33(34,32(44,52-16)14-24-12-10-9-11-13-24)35-31(43)29(50-22(7)41)28(49-21(6)40)27(48-20(5)39)25(46-18(3)37)15-45-17(2)36/h9-13,16,25-30,44H,14-15,34H2,1-8H3,(H,35,43)/t16-,25+,26-,27-,28+,29+,30+,32+,33-/m1/s1. The number of rotatable bonds is 15. The number of nitrogens with two attached hydrogens (primary N) is 1. The van der Waals surface area contributed by atoms with Gasteiger partial charge in [0.1, 0.15) is 6.61 Å². The van der Waals surface area contributed by atoms with Crippen molar-refractivity contribution < 1.29 is 81.4 Å². The Balaban J connectivity index is 2.87. The van der Waals surface area contributed by atoms with Crippen LogP contribution in [0.2, 0.25) is 0 Å². The molecule has 288 valence electrons. The summed E-state index contributed by atoms with van der Waals surface area (Å²) in [5, 5.41) is 14.5. The summed E-state index contributed by atoms with van der Waals surface area (Å²) in [6.45, 7) is 7.20. The highest BCUT2D eigenvalue weighted by atomic mass is 16.7. The maximum Gasteiger partial charge on any atom is 0.303 e. The molecule has 52 heavy (non-hydrogen) atoms. The zero-order valence-corrected chi connectivity index (χ0v) is 29.9. The lowest BCUT2D eigenvalue weighted by atomic mass is 9.80. The fraction of sp³-hybridized carbons (Fsp3) is 0.576. The van der Waals surface area contributed by atoms with E-state index in [4.69, 9.17) is 43.6 Å². The van der Waals surface area contributed by atoms with Crippen molar-refractivity contribution in [2.24, 2.45) is 5.73 Å². The summed E-state index contributed by atoms with van der Waals surface area (Å²) < 4.78 is 42.9. The Morgan fingerprint density at radius 2 is 1.27 bits per heavy atom. The molecule has 1 fully saturated rings. The molecule has 0 spiro atoms. The molecule has 0 unspecified atom stereocenters. The molecule has 1 aromatic carbocycles. The number of benzene rings is 1. The highest BCUT2D eigenvalue weighted by Gasteiger charge is 2.66. The van der Waals surface area contributed by atoms with Crippen LogP contribution in [0.4, 0.5) is 0 Å². The number of hydrogen-bond acceptors (Lipinski definition) is 18. The molecule has 1 heterocycles. The topological polar surface area (TPSA) is 269 Å². The number of esters is 7. The summed E-state index contributed by atoms with van der Waals surface area (Å²) in [7, 11) is 0. The van der Waals surface area contributed by atoms with Crippen LogP contribution in [0.3, 0.4) is 0 Å². The molecule has 4 N–H and O–H groups in total. The van der Waals surface area contributed by atoms with Gasteiger partial charge < -0.3 is 54.1 Å². The van der Waals surface area contributed by atoms with Crippen LogP contribution >= 0.6 is 0 Å². The number of aliphatic hydroxyl groups is 1. The van der Waals surface area contributed by atoms with Gasteiger partial charge in [-0.25, -0.2) is 0 Å². The molecule has 1 aliphatic heterocycles. The van der Waals surface area contributed by atoms with Crippen LogP contribution in [-0.4, -0.2) is 114 Å². The highest BCUT2D eigenvalue weighted by Crippen LogP contribution is 2.39. The van der Waals surface area contributed by atoms with Crippen molar-refractivity contribution in [3.8, 4) is 0 Å². The lowest BCUT2D eigenvalue weighted by molar-refractivity contribution is -0.341. The van der Waals surface area contributed by atoms with Gasteiger partial charge in [-0.1, -0.05) is 30.3 Å². The van der Waals surface area contributed by atoms with E-state index < -0.39 is 115 Å². The summed E-state index contributed by atoms with van der Waals surface area (Å²) >= 11 is 0. The van der Waals surface area contributed by atoms with Gasteiger partial charge in [0.05, 0.1) is 6.10 Å². The molecular formula is C33H44N2O17. The predicted molar refractivity (Wildman–Crippen MR) is 171 cm³/mol. The number of amides is 1. The molecule has 0 aromatic heterocycles. The first-order chi connectivity index (χ1) is 24.1. The average molecular weight is 741 g/mol. The van der Waals surface area contributed by atoms with Crippen LogP contribution in [-0.2, 0) is 82.7 Å². The summed E-state index contributed by atoms with van der Waals surface area (Å²) in [4.78, 5) is 100. The Kier molecular flexibility index (Phi) is 15.2. The summed E-state index contributed by atoms with van der Waals surface area (Å²) in [6, 6.07) is 8.08. The lowest BCUT2D eigenvalue weighted by Crippen LogP contribution is -2.84. The first-order valence-electron chi connectivity index (χ1n) is 15.8. The molecule has 2 rings (SSSR count). The molecule has 9 atom stereocenters. The van der Waals surface area contributed by atoms with E-state index in [9.17, 15) is 43.5 Å². The lowest BCUT2D eigenvalue weighted by Gasteiger charge is -2.55. The fourth-order valence-corrected chi connectivity index (χ4v) is 5.49. The first kappa shape index (κ1) is 43.0. The van der Waals surface area contributed by atoms with Gasteiger partial charge >= 0.3 is 41.8 Å². The van der Waals surface area contributed by atoms with E-state index in [2.05, 4.69) is 5.32 Å². The largest absolute Gasteiger partial charge is 0.462 e. The number of ether oxygens (including phenoxy) is 8. The van der Waals surface area contributed by atoms with Crippen molar-refractivity contribution >= 4 is 47.7 Å². The van der Waals surface area contributed by atoms with Crippen molar-refractivity contribution in [2.45, 2.75) is 116 Å². The van der Waals surface area contributed by atoms with Crippen LogP contribution < -0.4 is 11.1 Å². The van der Waals surface area contributed by atoms with E-state index in [0.717, 1.165) is 48.5 Å². The molecule has 1 aliphatic rings. The molecule has 1 amide bonds. The Hall–Kier alpha value is -5.14. The molecule has 0 radical (unpaired) electrons. The molecule has 0 saturated carbocycles. The van der Waals surface area contributed by atoms with E-state index in [1.165, 1.54) is 6.92 Å². The van der Waals surface area contributed by atoms with Crippen LogP contribution in [0, 0.1) is 0 Å². The number of carbonyl (C=O) groups excluding carboxylic acids is 8. The fourth-order valence-electron chi connectivity index (χ4n) is 5.49. The van der Waals surface area contributed by atoms with Crippen molar-refractivity contribution in [3.05, 3.63) is 35.9 Å². The second kappa shape index (κ2) is 18.4. The predicted octanol–water partition coefficient (Wildman–Crippen LogP) is -0.739. The minimum atomic E-state index is -2.79. The number of hydrogen-bond donors (Lipinski definition) is 3. The zero-order chi connectivity index (χ0) is 39.6. The second-order valence-electron chi connectivity index (χ2n) is 11.9. The van der Waals surface area contributed by atoms with E-state index in [1.54, 1.807) is 30.3 Å². The van der Waals surface area contributed by atoms with Crippen LogP contribution in [0.1, 0.15) is 61.0 Å². The molecular weight excluding hydrogens is 696 g/mol. The maximum absolute atomic E-state index is 14.5. The maximum atomic E-state index is 14.5. The number of carbonyl (C=O) groups is 8. The van der Waals surface area contributed by atoms with E-state index >= 15 is 0 Å². The highest BCUT2D eigenvalue weighted by molar-refractivity contribution is 5.85. The summed E-state index contributed by atoms with van der Waals surface area (Å²) in [5.41, 5.74) is 4.41. The smallest absolute Gasteiger partial charge is 0.303 e. The second-order valence-corrected chi connectivity index (χ2v) is 11.9. The van der Waals surface area contributed by atoms with Crippen LogP contribution in [0.15, 0.2) is 30.3 Å². The third-order valence-electron chi connectivity index (χ3n) is 7.36. The van der Waals surface area contributed by atoms with Gasteiger partial charge in [-0.05, 0) is 12.5 Å². The Morgan fingerprint density at radius 3 is 1.75 bits per heavy atom. The van der Waals surface area contributed by atoms with Crippen molar-refractivity contribution in [2.75, 3.05) is 6.61 Å². The molecule has 19 heteroatoms. The Bertz CT molecular complexity index is 1500. The quantitative estimate of drug-likeness (QED) is 0.113. The van der Waals surface area contributed by atoms with Crippen LogP contribution in [0.25, 0.3) is 0 Å². The van der Waals surface area contributed by atoms with Gasteiger partial charge in [0.15, 0.2) is 36.2 Å². The van der Waals surface area contributed by atoms with Gasteiger partial charge in [0.2, 0.25) is 11.9 Å². The number of nitrogens with one attached hydrogen (secondary N) is 1. The van der Waals surface area contributed by atoms with Gasteiger partial charge in [0.25, 0.3) is 5.91 Å². The van der Waals surface area contributed by atoms with Gasteiger partial charge in [-0.15, -0.1) is 0 Å². The van der Waals surface area contributed by atoms with Gasteiger partial charge in [0, 0.05) is 54.9 Å². The molecule has 1 aromatic rings. The first-order valence-corrected chi connectivity index (χ1v) is 15.8. The minimum Gasteiger partial charge on any atom is -0.462 e. The Labute approximate surface area is 298 Å². The SMILES string of the molecule is CC(=O)OC[C@H](OC(C)=O)[C@@H](OC(C)=O)[C@H](OC(C)=O)[C@H](OC(C)=O)C(=O)N[C@]1(N)[C@@H](OC(C)=O)[C@H](OC(C)=O)[C@@H](C)O[C@@]1(O)Cc1ccccc1. The Morgan fingerprint density at radius 1 is 0.750 bits per heavy atom. The zero-order valence-electron chi connectivity index (χ0n) is 29.9. The van der Waals surface area contributed by atoms with Crippen molar-refractivity contribution in [3.63, 3.8) is 0 Å². The third kappa shape index (κ3) is 11.7. The monoisotopic (exact) mass is 740 g/mol. The normalized spacial score (nSPS) is 24.7. The summed E-state index contributed by atoms with van der Waals surface area (Å²) in [5.74, 6) is -11.3. The summed E-state index contributed by atoms with van der Waals surface area (Å²) in [6.07, 6.45) is -13.5. The van der Waals surface area contributed by atoms with Crippen LogP contribution in [0.5, 0.6) is 0 Å². The van der Waals surface area contributed by atoms with E-state index in [-0.39, 0.29) is 0 Å². The minimum absolute atomic E-state index is 0.396. The van der Waals surface area contributed by atoms with Crippen molar-refractivity contribution in [1.29, 1.82) is 0 Å². The molecule has 0 aliphatic carbocycles.